The maximum Gasteiger partial charge on any atom is 0.226 e. The van der Waals surface area contributed by atoms with Crippen molar-refractivity contribution in [2.45, 2.75) is 6.54 Å². The quantitative estimate of drug-likeness (QED) is 0.741. The van der Waals surface area contributed by atoms with Crippen LogP contribution in [0.15, 0.2) is 60.8 Å². The van der Waals surface area contributed by atoms with Gasteiger partial charge >= 0.3 is 0 Å². The molecular weight excluding hydrogens is 309 g/mol. The molecule has 0 saturated carbocycles. The van der Waals surface area contributed by atoms with Crippen molar-refractivity contribution in [1.82, 2.24) is 9.97 Å². The fraction of sp³-hybridized carbons (Fsp3) is 0.111. The summed E-state index contributed by atoms with van der Waals surface area (Å²) < 4.78 is 23.6. The van der Waals surface area contributed by atoms with Gasteiger partial charge in [-0.05, 0) is 42.0 Å². The summed E-state index contributed by atoms with van der Waals surface area (Å²) >= 11 is 0. The summed E-state index contributed by atoms with van der Waals surface area (Å²) in [5, 5.41) is 3.13. The minimum absolute atomic E-state index is 0.313. The van der Waals surface area contributed by atoms with Crippen LogP contribution in [0.1, 0.15) is 5.56 Å². The number of nitrogens with one attached hydrogen (secondary N) is 1. The van der Waals surface area contributed by atoms with Gasteiger partial charge in [-0.2, -0.15) is 4.98 Å². The molecule has 0 atom stereocenters. The Morgan fingerprint density at radius 2 is 1.67 bits per heavy atom. The Labute approximate surface area is 139 Å². The maximum absolute atomic E-state index is 12.9. The number of hydrogen-bond donors (Lipinski definition) is 1. The van der Waals surface area contributed by atoms with Crippen LogP contribution in [0.5, 0.6) is 17.4 Å². The highest BCUT2D eigenvalue weighted by molar-refractivity contribution is 5.34. The van der Waals surface area contributed by atoms with E-state index in [2.05, 4.69) is 15.3 Å². The van der Waals surface area contributed by atoms with E-state index in [-0.39, 0.29) is 5.82 Å². The predicted molar refractivity (Wildman–Crippen MR) is 88.8 cm³/mol. The van der Waals surface area contributed by atoms with E-state index in [9.17, 15) is 4.39 Å². The van der Waals surface area contributed by atoms with E-state index in [0.717, 1.165) is 11.3 Å². The summed E-state index contributed by atoms with van der Waals surface area (Å²) in [7, 11) is 1.63. The van der Waals surface area contributed by atoms with Crippen molar-refractivity contribution >= 4 is 5.95 Å². The summed E-state index contributed by atoms with van der Waals surface area (Å²) in [6.45, 7) is 0.573. The number of hydrogen-bond acceptors (Lipinski definition) is 5. The molecule has 2 aromatic carbocycles. The number of rotatable bonds is 6. The third kappa shape index (κ3) is 4.19. The van der Waals surface area contributed by atoms with Crippen LogP contribution in [0.4, 0.5) is 10.3 Å². The third-order valence-electron chi connectivity index (χ3n) is 3.28. The standard InChI is InChI=1S/C18H16FN3O2/c1-23-15-6-2-13(3-7-15)12-21-18-20-11-10-17(22-18)24-16-8-4-14(19)5-9-16/h2-11H,12H2,1H3,(H,20,21,22). The molecule has 0 aliphatic rings. The lowest BCUT2D eigenvalue weighted by atomic mass is 10.2. The Hall–Kier alpha value is -3.15. The zero-order chi connectivity index (χ0) is 16.8. The fourth-order valence-corrected chi connectivity index (χ4v) is 2.03. The van der Waals surface area contributed by atoms with Gasteiger partial charge in [-0.15, -0.1) is 0 Å². The molecule has 3 aromatic rings. The van der Waals surface area contributed by atoms with Crippen LogP contribution in [0.2, 0.25) is 0 Å². The highest BCUT2D eigenvalue weighted by Gasteiger charge is 2.03. The monoisotopic (exact) mass is 325 g/mol. The Balaban J connectivity index is 1.63. The average molecular weight is 325 g/mol. The van der Waals surface area contributed by atoms with Gasteiger partial charge in [-0.1, -0.05) is 12.1 Å². The van der Waals surface area contributed by atoms with Crippen LogP contribution in [0, 0.1) is 5.82 Å². The van der Waals surface area contributed by atoms with Crippen LogP contribution >= 0.6 is 0 Å². The van der Waals surface area contributed by atoms with Crippen molar-refractivity contribution in [2.75, 3.05) is 12.4 Å². The van der Waals surface area contributed by atoms with Gasteiger partial charge in [0.1, 0.15) is 17.3 Å². The Kier molecular flexibility index (Phi) is 4.86. The second-order valence-electron chi connectivity index (χ2n) is 4.98. The molecule has 0 amide bonds. The molecule has 0 fully saturated rings. The average Bonchev–Trinajstić information content (AvgIpc) is 2.63. The first kappa shape index (κ1) is 15.7. The minimum atomic E-state index is -0.313. The lowest BCUT2D eigenvalue weighted by molar-refractivity contribution is 0.414. The number of anilines is 1. The first-order chi connectivity index (χ1) is 11.7. The number of benzene rings is 2. The molecule has 0 spiro atoms. The van der Waals surface area contributed by atoms with E-state index in [1.807, 2.05) is 24.3 Å². The van der Waals surface area contributed by atoms with Gasteiger partial charge in [-0.3, -0.25) is 0 Å². The van der Waals surface area contributed by atoms with Gasteiger partial charge in [-0.25, -0.2) is 9.37 Å². The van der Waals surface area contributed by atoms with Crippen LogP contribution in [0.25, 0.3) is 0 Å². The maximum atomic E-state index is 12.9. The Morgan fingerprint density at radius 1 is 0.958 bits per heavy atom. The van der Waals surface area contributed by atoms with Gasteiger partial charge in [0.25, 0.3) is 0 Å². The molecule has 0 unspecified atom stereocenters. The molecule has 1 aromatic heterocycles. The van der Waals surface area contributed by atoms with E-state index < -0.39 is 0 Å². The number of methoxy groups -OCH3 is 1. The summed E-state index contributed by atoms with van der Waals surface area (Å²) in [6, 6.07) is 15.1. The van der Waals surface area contributed by atoms with Gasteiger partial charge in [0.2, 0.25) is 11.8 Å². The van der Waals surface area contributed by atoms with Crippen molar-refractivity contribution in [3.05, 3.63) is 72.2 Å². The van der Waals surface area contributed by atoms with Gasteiger partial charge in [0.05, 0.1) is 7.11 Å². The summed E-state index contributed by atoms with van der Waals surface area (Å²) in [4.78, 5) is 8.43. The molecule has 5 nitrogen and oxygen atoms in total. The molecule has 0 bridgehead atoms. The zero-order valence-electron chi connectivity index (χ0n) is 13.1. The van der Waals surface area contributed by atoms with E-state index in [4.69, 9.17) is 9.47 Å². The summed E-state index contributed by atoms with van der Waals surface area (Å²) in [5.41, 5.74) is 1.07. The number of halogens is 1. The largest absolute Gasteiger partial charge is 0.497 e. The molecule has 122 valence electrons. The van der Waals surface area contributed by atoms with Crippen LogP contribution < -0.4 is 14.8 Å². The molecule has 0 aliphatic heterocycles. The van der Waals surface area contributed by atoms with E-state index in [0.29, 0.717) is 24.1 Å². The van der Waals surface area contributed by atoms with Crippen molar-refractivity contribution in [3.63, 3.8) is 0 Å². The van der Waals surface area contributed by atoms with E-state index in [1.54, 1.807) is 31.5 Å². The smallest absolute Gasteiger partial charge is 0.226 e. The van der Waals surface area contributed by atoms with Crippen LogP contribution in [-0.2, 0) is 6.54 Å². The second-order valence-corrected chi connectivity index (χ2v) is 4.98. The fourth-order valence-electron chi connectivity index (χ4n) is 2.03. The van der Waals surface area contributed by atoms with Crippen molar-refractivity contribution in [3.8, 4) is 17.4 Å². The van der Waals surface area contributed by atoms with Crippen LogP contribution in [0.3, 0.4) is 0 Å². The van der Waals surface area contributed by atoms with Gasteiger partial charge < -0.3 is 14.8 Å². The highest BCUT2D eigenvalue weighted by Crippen LogP contribution is 2.20. The normalized spacial score (nSPS) is 10.2. The van der Waals surface area contributed by atoms with Gasteiger partial charge in [0, 0.05) is 18.8 Å². The minimum Gasteiger partial charge on any atom is -0.497 e. The van der Waals surface area contributed by atoms with Crippen molar-refractivity contribution in [1.29, 1.82) is 0 Å². The molecule has 0 radical (unpaired) electrons. The Morgan fingerprint density at radius 3 is 2.38 bits per heavy atom. The highest BCUT2D eigenvalue weighted by atomic mass is 19.1. The van der Waals surface area contributed by atoms with Gasteiger partial charge in [0.15, 0.2) is 0 Å². The van der Waals surface area contributed by atoms with E-state index in [1.165, 1.54) is 12.1 Å². The van der Waals surface area contributed by atoms with Crippen LogP contribution in [-0.4, -0.2) is 17.1 Å². The summed E-state index contributed by atoms with van der Waals surface area (Å²) in [6.07, 6.45) is 1.60. The first-order valence-electron chi connectivity index (χ1n) is 7.36. The topological polar surface area (TPSA) is 56.3 Å². The van der Waals surface area contributed by atoms with Crippen molar-refractivity contribution < 1.29 is 13.9 Å². The predicted octanol–water partition coefficient (Wildman–Crippen LogP) is 4.03. The molecule has 0 saturated heterocycles. The van der Waals surface area contributed by atoms with Crippen molar-refractivity contribution in [2.24, 2.45) is 0 Å². The molecule has 24 heavy (non-hydrogen) atoms. The summed E-state index contributed by atoms with van der Waals surface area (Å²) in [5.74, 6) is 1.84. The first-order valence-corrected chi connectivity index (χ1v) is 7.36. The molecule has 1 N–H and O–H groups in total. The number of ether oxygens (including phenoxy) is 2. The third-order valence-corrected chi connectivity index (χ3v) is 3.28. The SMILES string of the molecule is COc1ccc(CNc2nccc(Oc3ccc(F)cc3)n2)cc1. The lowest BCUT2D eigenvalue weighted by Crippen LogP contribution is -2.04. The second kappa shape index (κ2) is 7.41. The number of aromatic nitrogens is 2. The zero-order valence-corrected chi connectivity index (χ0v) is 13.1. The number of nitrogens with zero attached hydrogens (tertiary/aromatic N) is 2. The lowest BCUT2D eigenvalue weighted by Gasteiger charge is -2.08. The Bertz CT molecular complexity index is 792. The molecular formula is C18H16FN3O2. The molecule has 0 aliphatic carbocycles. The molecule has 3 rings (SSSR count). The molecule has 6 heteroatoms. The van der Waals surface area contributed by atoms with E-state index >= 15 is 0 Å². The molecule has 1 heterocycles.